The van der Waals surface area contributed by atoms with E-state index >= 15 is 0 Å². The predicted octanol–water partition coefficient (Wildman–Crippen LogP) is 0.137. The molecule has 2 aliphatic heterocycles. The van der Waals surface area contributed by atoms with Gasteiger partial charge in [0.1, 0.15) is 0 Å². The largest absolute Gasteiger partial charge is 0.394 e. The summed E-state index contributed by atoms with van der Waals surface area (Å²) in [5.74, 6) is 0. The minimum absolute atomic E-state index is 0.102. The van der Waals surface area contributed by atoms with Gasteiger partial charge in [0.05, 0.1) is 19.3 Å². The Morgan fingerprint density at radius 1 is 1.58 bits per heavy atom. The Morgan fingerprint density at radius 3 is 3.08 bits per heavy atom. The van der Waals surface area contributed by atoms with Crippen LogP contribution in [-0.4, -0.2) is 37.5 Å². The fraction of sp³-hybridized carbons (Fsp3) is 1.00. The molecular weight excluding hydrogens is 154 g/mol. The summed E-state index contributed by atoms with van der Waals surface area (Å²) in [6.07, 6.45) is 3.65. The highest BCUT2D eigenvalue weighted by Gasteiger charge is 2.40. The van der Waals surface area contributed by atoms with E-state index in [1.165, 1.54) is 12.8 Å². The lowest BCUT2D eigenvalue weighted by molar-refractivity contribution is 0.0506. The van der Waals surface area contributed by atoms with Gasteiger partial charge in [-0.15, -0.1) is 0 Å². The normalized spacial score (nSPS) is 42.2. The Morgan fingerprint density at radius 2 is 2.50 bits per heavy atom. The summed E-state index contributed by atoms with van der Waals surface area (Å²) >= 11 is 0. The second kappa shape index (κ2) is 3.32. The van der Waals surface area contributed by atoms with Gasteiger partial charge in [0.2, 0.25) is 0 Å². The van der Waals surface area contributed by atoms with Gasteiger partial charge in [-0.3, -0.25) is 0 Å². The van der Waals surface area contributed by atoms with Gasteiger partial charge >= 0.3 is 0 Å². The van der Waals surface area contributed by atoms with E-state index in [-0.39, 0.29) is 12.7 Å². The van der Waals surface area contributed by atoms with Crippen LogP contribution in [0.5, 0.6) is 0 Å². The first-order chi connectivity index (χ1) is 5.85. The minimum Gasteiger partial charge on any atom is -0.394 e. The maximum absolute atomic E-state index is 8.93. The standard InChI is InChI=1S/C9H17NO2/c11-5-8-4-9(7-12-8)2-1-3-10-6-9/h8,10-11H,1-7H2/t8-,9+/m1/s1. The maximum Gasteiger partial charge on any atom is 0.0812 e. The number of piperidine rings is 1. The molecule has 2 aliphatic rings. The third-order valence-corrected chi connectivity index (χ3v) is 3.05. The lowest BCUT2D eigenvalue weighted by Gasteiger charge is -2.32. The van der Waals surface area contributed by atoms with Crippen molar-refractivity contribution < 1.29 is 9.84 Å². The second-order valence-corrected chi connectivity index (χ2v) is 4.10. The van der Waals surface area contributed by atoms with Gasteiger partial charge < -0.3 is 15.2 Å². The monoisotopic (exact) mass is 171 g/mol. The Hall–Kier alpha value is -0.120. The highest BCUT2D eigenvalue weighted by atomic mass is 16.5. The molecule has 0 amide bonds. The van der Waals surface area contributed by atoms with Crippen LogP contribution in [0.15, 0.2) is 0 Å². The number of rotatable bonds is 1. The first-order valence-electron chi connectivity index (χ1n) is 4.78. The molecule has 3 heteroatoms. The second-order valence-electron chi connectivity index (χ2n) is 4.10. The summed E-state index contributed by atoms with van der Waals surface area (Å²) < 4.78 is 5.51. The van der Waals surface area contributed by atoms with Crippen LogP contribution in [0.1, 0.15) is 19.3 Å². The van der Waals surface area contributed by atoms with Crippen molar-refractivity contribution in [2.45, 2.75) is 25.4 Å². The fourth-order valence-corrected chi connectivity index (χ4v) is 2.34. The van der Waals surface area contributed by atoms with Crippen molar-refractivity contribution in [1.29, 1.82) is 0 Å². The molecule has 12 heavy (non-hydrogen) atoms. The van der Waals surface area contributed by atoms with Crippen LogP contribution < -0.4 is 5.32 Å². The van der Waals surface area contributed by atoms with E-state index in [2.05, 4.69) is 5.32 Å². The van der Waals surface area contributed by atoms with Crippen LogP contribution in [0.2, 0.25) is 0 Å². The third-order valence-electron chi connectivity index (χ3n) is 3.05. The summed E-state index contributed by atoms with van der Waals surface area (Å²) in [6.45, 7) is 3.24. The van der Waals surface area contributed by atoms with E-state index in [0.717, 1.165) is 26.1 Å². The van der Waals surface area contributed by atoms with Gasteiger partial charge in [-0.1, -0.05) is 0 Å². The first-order valence-corrected chi connectivity index (χ1v) is 4.78. The number of hydrogen-bond donors (Lipinski definition) is 2. The molecular formula is C9H17NO2. The van der Waals surface area contributed by atoms with Crippen molar-refractivity contribution in [3.8, 4) is 0 Å². The Labute approximate surface area is 73.1 Å². The zero-order valence-corrected chi connectivity index (χ0v) is 7.38. The quantitative estimate of drug-likeness (QED) is 0.589. The summed E-state index contributed by atoms with van der Waals surface area (Å²) in [4.78, 5) is 0. The van der Waals surface area contributed by atoms with Crippen LogP contribution in [0.4, 0.5) is 0 Å². The van der Waals surface area contributed by atoms with Gasteiger partial charge in [0, 0.05) is 12.0 Å². The van der Waals surface area contributed by atoms with Crippen LogP contribution in [0.25, 0.3) is 0 Å². The smallest absolute Gasteiger partial charge is 0.0812 e. The van der Waals surface area contributed by atoms with Gasteiger partial charge in [-0.25, -0.2) is 0 Å². The number of ether oxygens (including phenoxy) is 1. The summed E-state index contributed by atoms with van der Waals surface area (Å²) in [7, 11) is 0. The van der Waals surface area contributed by atoms with Crippen molar-refractivity contribution in [1.82, 2.24) is 5.32 Å². The zero-order chi connectivity index (χ0) is 8.44. The van der Waals surface area contributed by atoms with Gasteiger partial charge in [0.15, 0.2) is 0 Å². The molecule has 2 N–H and O–H groups in total. The summed E-state index contributed by atoms with van der Waals surface area (Å²) in [5, 5.41) is 12.3. The summed E-state index contributed by atoms with van der Waals surface area (Å²) in [5.41, 5.74) is 0.353. The maximum atomic E-state index is 8.93. The SMILES string of the molecule is OC[C@H]1C[C@]2(CCCNC2)CO1. The molecule has 3 nitrogen and oxygen atoms in total. The number of aliphatic hydroxyl groups is 1. The topological polar surface area (TPSA) is 41.5 Å². The van der Waals surface area contributed by atoms with E-state index in [9.17, 15) is 0 Å². The molecule has 0 aromatic rings. The summed E-state index contributed by atoms with van der Waals surface area (Å²) in [6, 6.07) is 0. The Bertz CT molecular complexity index is 155. The van der Waals surface area contributed by atoms with Gasteiger partial charge in [-0.2, -0.15) is 0 Å². The minimum atomic E-state index is 0.102. The number of hydrogen-bond acceptors (Lipinski definition) is 3. The molecule has 0 aromatic heterocycles. The van der Waals surface area contributed by atoms with E-state index in [1.54, 1.807) is 0 Å². The van der Waals surface area contributed by atoms with Gasteiger partial charge in [0.25, 0.3) is 0 Å². The van der Waals surface area contributed by atoms with Crippen LogP contribution in [0, 0.1) is 5.41 Å². The van der Waals surface area contributed by atoms with Crippen molar-refractivity contribution in [3.05, 3.63) is 0 Å². The van der Waals surface area contributed by atoms with E-state index < -0.39 is 0 Å². The highest BCUT2D eigenvalue weighted by Crippen LogP contribution is 2.37. The average Bonchev–Trinajstić information content (AvgIpc) is 2.50. The number of nitrogens with one attached hydrogen (secondary N) is 1. The molecule has 2 fully saturated rings. The Kier molecular flexibility index (Phi) is 2.35. The van der Waals surface area contributed by atoms with E-state index in [1.807, 2.05) is 0 Å². The van der Waals surface area contributed by atoms with Crippen molar-refractivity contribution in [3.63, 3.8) is 0 Å². The van der Waals surface area contributed by atoms with Crippen LogP contribution in [0.3, 0.4) is 0 Å². The van der Waals surface area contributed by atoms with Crippen molar-refractivity contribution in [2.24, 2.45) is 5.41 Å². The molecule has 70 valence electrons. The molecule has 2 rings (SSSR count). The lowest BCUT2D eigenvalue weighted by atomic mass is 9.79. The molecule has 0 aliphatic carbocycles. The molecule has 0 unspecified atom stereocenters. The molecule has 2 atom stereocenters. The van der Waals surface area contributed by atoms with Gasteiger partial charge in [-0.05, 0) is 25.8 Å². The fourth-order valence-electron chi connectivity index (χ4n) is 2.34. The molecule has 0 bridgehead atoms. The van der Waals surface area contributed by atoms with E-state index in [4.69, 9.17) is 9.84 Å². The molecule has 1 spiro atoms. The number of aliphatic hydroxyl groups excluding tert-OH is 1. The zero-order valence-electron chi connectivity index (χ0n) is 7.38. The van der Waals surface area contributed by atoms with E-state index in [0.29, 0.717) is 5.41 Å². The lowest BCUT2D eigenvalue weighted by Crippen LogP contribution is -2.40. The van der Waals surface area contributed by atoms with Crippen LogP contribution in [-0.2, 0) is 4.74 Å². The molecule has 2 heterocycles. The third kappa shape index (κ3) is 1.49. The molecule has 0 aromatic carbocycles. The Balaban J connectivity index is 1.94. The predicted molar refractivity (Wildman–Crippen MR) is 46.0 cm³/mol. The molecule has 2 saturated heterocycles. The van der Waals surface area contributed by atoms with Crippen LogP contribution >= 0.6 is 0 Å². The van der Waals surface area contributed by atoms with Crippen molar-refractivity contribution in [2.75, 3.05) is 26.3 Å². The molecule has 0 radical (unpaired) electrons. The molecule has 0 saturated carbocycles. The highest BCUT2D eigenvalue weighted by molar-refractivity contribution is 4.91. The first kappa shape index (κ1) is 8.48. The van der Waals surface area contributed by atoms with Crippen molar-refractivity contribution >= 4 is 0 Å². The average molecular weight is 171 g/mol.